The van der Waals surface area contributed by atoms with Gasteiger partial charge in [0.2, 0.25) is 0 Å². The van der Waals surface area contributed by atoms with E-state index in [4.69, 9.17) is 4.74 Å². The predicted octanol–water partition coefficient (Wildman–Crippen LogP) is 0.341. The quantitative estimate of drug-likeness (QED) is 0.536. The number of hydrogen-bond acceptors (Lipinski definition) is 5. The number of esters is 1. The summed E-state index contributed by atoms with van der Waals surface area (Å²) in [6, 6.07) is 0. The minimum Gasteiger partial charge on any atom is -0.466 e. The third-order valence-corrected chi connectivity index (χ3v) is 2.09. The maximum Gasteiger partial charge on any atom is 0.307 e. The number of rotatable bonds is 7. The Labute approximate surface area is 95.0 Å². The second-order valence-electron chi connectivity index (χ2n) is 3.22. The zero-order valence-electron chi connectivity index (χ0n) is 9.77. The van der Waals surface area contributed by atoms with Crippen LogP contribution in [0.3, 0.4) is 0 Å². The van der Waals surface area contributed by atoms with Gasteiger partial charge in [0.25, 0.3) is 0 Å². The van der Waals surface area contributed by atoms with E-state index in [0.29, 0.717) is 26.1 Å². The van der Waals surface area contributed by atoms with Gasteiger partial charge < -0.3 is 10.1 Å². The predicted molar refractivity (Wildman–Crippen MR) is 58.7 cm³/mol. The van der Waals surface area contributed by atoms with Crippen LogP contribution in [-0.4, -0.2) is 33.9 Å². The summed E-state index contributed by atoms with van der Waals surface area (Å²) in [5.41, 5.74) is 0. The van der Waals surface area contributed by atoms with Crippen LogP contribution >= 0.6 is 0 Å². The zero-order chi connectivity index (χ0) is 11.8. The second kappa shape index (κ2) is 6.95. The molecule has 0 radical (unpaired) electrons. The van der Waals surface area contributed by atoms with Crippen molar-refractivity contribution in [2.45, 2.75) is 33.4 Å². The van der Waals surface area contributed by atoms with E-state index >= 15 is 0 Å². The van der Waals surface area contributed by atoms with E-state index in [9.17, 15) is 4.79 Å². The van der Waals surface area contributed by atoms with Gasteiger partial charge in [-0.2, -0.15) is 5.10 Å². The maximum absolute atomic E-state index is 11.0. The number of hydrogen-bond donors (Lipinski definition) is 1. The van der Waals surface area contributed by atoms with Crippen LogP contribution < -0.4 is 5.32 Å². The molecule has 0 aliphatic rings. The number of carbonyl (C=O) groups excluding carboxylic acids is 1. The molecule has 0 saturated heterocycles. The van der Waals surface area contributed by atoms with Gasteiger partial charge in [0.15, 0.2) is 0 Å². The van der Waals surface area contributed by atoms with Gasteiger partial charge in [-0.05, 0) is 13.8 Å². The van der Waals surface area contributed by atoms with Crippen LogP contribution in [0.4, 0.5) is 0 Å². The first kappa shape index (κ1) is 12.6. The lowest BCUT2D eigenvalue weighted by Crippen LogP contribution is -2.21. The van der Waals surface area contributed by atoms with E-state index < -0.39 is 0 Å². The number of aromatic nitrogens is 3. The summed E-state index contributed by atoms with van der Waals surface area (Å²) in [5.74, 6) is 0.707. The maximum atomic E-state index is 11.0. The van der Waals surface area contributed by atoms with E-state index in [0.717, 1.165) is 12.4 Å². The minimum atomic E-state index is -0.174. The first-order valence-corrected chi connectivity index (χ1v) is 5.51. The molecular weight excluding hydrogens is 208 g/mol. The molecule has 16 heavy (non-hydrogen) atoms. The second-order valence-corrected chi connectivity index (χ2v) is 3.22. The van der Waals surface area contributed by atoms with Crippen molar-refractivity contribution in [2.75, 3.05) is 13.2 Å². The Hall–Kier alpha value is -1.43. The lowest BCUT2D eigenvalue weighted by Gasteiger charge is -2.05. The fraction of sp³-hybridized carbons (Fsp3) is 0.700. The molecule has 0 aliphatic carbocycles. The van der Waals surface area contributed by atoms with Gasteiger partial charge in [0, 0.05) is 13.1 Å². The van der Waals surface area contributed by atoms with Crippen LogP contribution in [0.5, 0.6) is 0 Å². The summed E-state index contributed by atoms with van der Waals surface area (Å²) in [6.07, 6.45) is 1.92. The Bertz CT molecular complexity index is 324. The molecule has 0 spiro atoms. The molecule has 0 fully saturated rings. The van der Waals surface area contributed by atoms with Crippen molar-refractivity contribution in [2.24, 2.45) is 0 Å². The third-order valence-electron chi connectivity index (χ3n) is 2.09. The highest BCUT2D eigenvalue weighted by Crippen LogP contribution is 1.93. The standard InChI is InChI=1S/C10H18N4O2/c1-3-14-9(12-8-13-14)7-11-6-5-10(15)16-4-2/h8,11H,3-7H2,1-2H3. The van der Waals surface area contributed by atoms with E-state index in [1.54, 1.807) is 6.92 Å². The average molecular weight is 226 g/mol. The van der Waals surface area contributed by atoms with Gasteiger partial charge in [-0.1, -0.05) is 0 Å². The largest absolute Gasteiger partial charge is 0.466 e. The normalized spacial score (nSPS) is 10.4. The minimum absolute atomic E-state index is 0.174. The summed E-state index contributed by atoms with van der Waals surface area (Å²) < 4.78 is 6.63. The lowest BCUT2D eigenvalue weighted by atomic mass is 10.4. The van der Waals surface area contributed by atoms with Gasteiger partial charge in [-0.25, -0.2) is 9.67 Å². The molecule has 0 saturated carbocycles. The molecule has 1 aromatic heterocycles. The highest BCUT2D eigenvalue weighted by atomic mass is 16.5. The van der Waals surface area contributed by atoms with Crippen molar-refractivity contribution in [1.29, 1.82) is 0 Å². The number of nitrogens with one attached hydrogen (secondary N) is 1. The van der Waals surface area contributed by atoms with Crippen molar-refractivity contribution < 1.29 is 9.53 Å². The molecule has 90 valence electrons. The number of carbonyl (C=O) groups is 1. The van der Waals surface area contributed by atoms with E-state index in [2.05, 4.69) is 15.4 Å². The Morgan fingerprint density at radius 3 is 3.06 bits per heavy atom. The Kier molecular flexibility index (Phi) is 5.49. The molecule has 1 N–H and O–H groups in total. The van der Waals surface area contributed by atoms with Crippen molar-refractivity contribution in [3.8, 4) is 0 Å². The highest BCUT2D eigenvalue weighted by molar-refractivity contribution is 5.69. The molecule has 6 nitrogen and oxygen atoms in total. The fourth-order valence-electron chi connectivity index (χ4n) is 1.31. The number of ether oxygens (including phenoxy) is 1. The van der Waals surface area contributed by atoms with E-state index in [-0.39, 0.29) is 5.97 Å². The van der Waals surface area contributed by atoms with Crippen LogP contribution in [0.1, 0.15) is 26.1 Å². The summed E-state index contributed by atoms with van der Waals surface area (Å²) in [6.45, 7) is 6.26. The summed E-state index contributed by atoms with van der Waals surface area (Å²) in [4.78, 5) is 15.1. The van der Waals surface area contributed by atoms with Gasteiger partial charge >= 0.3 is 5.97 Å². The number of nitrogens with zero attached hydrogens (tertiary/aromatic N) is 3. The zero-order valence-corrected chi connectivity index (χ0v) is 9.77. The Balaban J connectivity index is 2.18. The van der Waals surface area contributed by atoms with Crippen LogP contribution in [-0.2, 0) is 22.6 Å². The molecule has 0 aliphatic heterocycles. The van der Waals surface area contributed by atoms with Gasteiger partial charge in [0.1, 0.15) is 12.2 Å². The van der Waals surface area contributed by atoms with Crippen LogP contribution in [0.2, 0.25) is 0 Å². The molecule has 1 heterocycles. The molecule has 0 bridgehead atoms. The highest BCUT2D eigenvalue weighted by Gasteiger charge is 2.03. The van der Waals surface area contributed by atoms with Gasteiger partial charge in [-0.15, -0.1) is 0 Å². The fourth-order valence-corrected chi connectivity index (χ4v) is 1.31. The number of aryl methyl sites for hydroxylation is 1. The Morgan fingerprint density at radius 1 is 1.56 bits per heavy atom. The molecule has 0 amide bonds. The van der Waals surface area contributed by atoms with Gasteiger partial charge in [0.05, 0.1) is 19.6 Å². The summed E-state index contributed by atoms with van der Waals surface area (Å²) >= 11 is 0. The van der Waals surface area contributed by atoms with Crippen molar-refractivity contribution >= 4 is 5.97 Å². The third kappa shape index (κ3) is 3.98. The molecule has 0 unspecified atom stereocenters. The van der Waals surface area contributed by atoms with Crippen molar-refractivity contribution in [3.05, 3.63) is 12.2 Å². The first-order valence-electron chi connectivity index (χ1n) is 5.51. The summed E-state index contributed by atoms with van der Waals surface area (Å²) in [5, 5.41) is 7.18. The molecule has 6 heteroatoms. The smallest absolute Gasteiger partial charge is 0.307 e. The van der Waals surface area contributed by atoms with E-state index in [1.165, 1.54) is 6.33 Å². The summed E-state index contributed by atoms with van der Waals surface area (Å²) in [7, 11) is 0. The molecular formula is C10H18N4O2. The van der Waals surface area contributed by atoms with Gasteiger partial charge in [-0.3, -0.25) is 4.79 Å². The molecule has 1 aromatic rings. The molecule has 0 atom stereocenters. The topological polar surface area (TPSA) is 69.0 Å². The molecule has 1 rings (SSSR count). The van der Waals surface area contributed by atoms with E-state index in [1.807, 2.05) is 11.6 Å². The van der Waals surface area contributed by atoms with Crippen LogP contribution in [0.25, 0.3) is 0 Å². The Morgan fingerprint density at radius 2 is 2.38 bits per heavy atom. The van der Waals surface area contributed by atoms with Crippen LogP contribution in [0, 0.1) is 0 Å². The lowest BCUT2D eigenvalue weighted by molar-refractivity contribution is -0.142. The molecule has 0 aromatic carbocycles. The van der Waals surface area contributed by atoms with Crippen molar-refractivity contribution in [3.63, 3.8) is 0 Å². The monoisotopic (exact) mass is 226 g/mol. The first-order chi connectivity index (χ1) is 7.77. The van der Waals surface area contributed by atoms with Crippen molar-refractivity contribution in [1.82, 2.24) is 20.1 Å². The average Bonchev–Trinajstić information content (AvgIpc) is 2.72. The SMILES string of the molecule is CCOC(=O)CCNCc1ncnn1CC. The van der Waals surface area contributed by atoms with Crippen LogP contribution in [0.15, 0.2) is 6.33 Å².